The lowest BCUT2D eigenvalue weighted by Crippen LogP contribution is -2.25. The van der Waals surface area contributed by atoms with Gasteiger partial charge in [0.05, 0.1) is 5.69 Å². The lowest BCUT2D eigenvalue weighted by atomic mass is 10.3. The highest BCUT2D eigenvalue weighted by Crippen LogP contribution is 2.22. The molecule has 0 amide bonds. The summed E-state index contributed by atoms with van der Waals surface area (Å²) in [5.41, 5.74) is 1.25. The Morgan fingerprint density at radius 1 is 1.43 bits per heavy atom. The molecule has 0 spiro atoms. The van der Waals surface area contributed by atoms with E-state index in [-0.39, 0.29) is 5.69 Å². The maximum atomic E-state index is 11.3. The number of carbonyl (C=O) groups is 1. The average molecular weight is 289 g/mol. The van der Waals surface area contributed by atoms with E-state index >= 15 is 0 Å². The summed E-state index contributed by atoms with van der Waals surface area (Å²) in [7, 11) is 0. The first-order valence-electron chi connectivity index (χ1n) is 7.23. The molecule has 21 heavy (non-hydrogen) atoms. The number of hydrogen-bond donors (Lipinski definition) is 1. The summed E-state index contributed by atoms with van der Waals surface area (Å²) in [6.45, 7) is 5.46. The van der Waals surface area contributed by atoms with Crippen LogP contribution in [0.4, 0.5) is 0 Å². The average Bonchev–Trinajstić information content (AvgIpc) is 3.05. The monoisotopic (exact) mass is 289 g/mol. The number of carboxylic acid groups (broad SMARTS) is 1. The fraction of sp³-hybridized carbons (Fsp3) is 0.467. The lowest BCUT2D eigenvalue weighted by Gasteiger charge is -2.15. The van der Waals surface area contributed by atoms with E-state index in [0.717, 1.165) is 19.6 Å². The molecule has 1 aliphatic heterocycles. The Bertz CT molecular complexity index is 659. The van der Waals surface area contributed by atoms with Gasteiger partial charge in [0.15, 0.2) is 17.1 Å². The lowest BCUT2D eigenvalue weighted by molar-refractivity contribution is 0.0688. The molecule has 0 aromatic carbocycles. The van der Waals surface area contributed by atoms with E-state index in [1.807, 2.05) is 6.07 Å². The number of imidazole rings is 1. The molecule has 0 bridgehead atoms. The summed E-state index contributed by atoms with van der Waals surface area (Å²) in [6.07, 6.45) is 4.22. The predicted molar refractivity (Wildman–Crippen MR) is 78.1 cm³/mol. The Morgan fingerprint density at radius 3 is 2.90 bits per heavy atom. The molecule has 3 heterocycles. The molecule has 6 heteroatoms. The van der Waals surface area contributed by atoms with Crippen molar-refractivity contribution in [1.82, 2.24) is 14.3 Å². The summed E-state index contributed by atoms with van der Waals surface area (Å²) < 4.78 is 7.38. The number of aromatic carboxylic acids is 1. The Kier molecular flexibility index (Phi) is 3.79. The fourth-order valence-electron chi connectivity index (χ4n) is 2.82. The molecule has 0 saturated carbocycles. The highest BCUT2D eigenvalue weighted by molar-refractivity contribution is 5.88. The van der Waals surface area contributed by atoms with Gasteiger partial charge in [0.2, 0.25) is 0 Å². The number of aromatic nitrogens is 2. The third-order valence-electron chi connectivity index (χ3n) is 3.85. The standard InChI is InChI=1S/C15H19N3O3/c1-11-13(15(19)20)18-8-4-5-12(14(18)16-11)21-10-9-17-6-2-3-7-17/h4-5,8H,2-3,6-7,9-10H2,1H3,(H,19,20). The van der Waals surface area contributed by atoms with Crippen molar-refractivity contribution in [3.05, 3.63) is 29.7 Å². The van der Waals surface area contributed by atoms with Crippen LogP contribution >= 0.6 is 0 Å². The second-order valence-corrected chi connectivity index (χ2v) is 5.31. The van der Waals surface area contributed by atoms with Crippen LogP contribution in [0.15, 0.2) is 18.3 Å². The van der Waals surface area contributed by atoms with Gasteiger partial charge in [-0.25, -0.2) is 9.78 Å². The van der Waals surface area contributed by atoms with Gasteiger partial charge in [0.1, 0.15) is 6.61 Å². The van der Waals surface area contributed by atoms with Crippen LogP contribution in [0.2, 0.25) is 0 Å². The van der Waals surface area contributed by atoms with Crippen molar-refractivity contribution in [2.45, 2.75) is 19.8 Å². The minimum absolute atomic E-state index is 0.190. The smallest absolute Gasteiger partial charge is 0.354 e. The van der Waals surface area contributed by atoms with Gasteiger partial charge in [-0.05, 0) is 45.0 Å². The van der Waals surface area contributed by atoms with Gasteiger partial charge in [-0.3, -0.25) is 9.30 Å². The van der Waals surface area contributed by atoms with E-state index in [2.05, 4.69) is 9.88 Å². The molecule has 0 unspecified atom stereocenters. The first-order valence-corrected chi connectivity index (χ1v) is 7.23. The summed E-state index contributed by atoms with van der Waals surface area (Å²) in [4.78, 5) is 18.0. The van der Waals surface area contributed by atoms with Crippen LogP contribution in [0.1, 0.15) is 29.0 Å². The number of fused-ring (bicyclic) bond motifs is 1. The molecule has 0 aliphatic carbocycles. The molecular formula is C15H19N3O3. The van der Waals surface area contributed by atoms with E-state index in [1.165, 1.54) is 12.8 Å². The van der Waals surface area contributed by atoms with Crippen molar-refractivity contribution >= 4 is 11.6 Å². The number of carboxylic acids is 1. The second kappa shape index (κ2) is 5.73. The highest BCUT2D eigenvalue weighted by Gasteiger charge is 2.18. The maximum absolute atomic E-state index is 11.3. The van der Waals surface area contributed by atoms with Gasteiger partial charge in [-0.15, -0.1) is 0 Å². The van der Waals surface area contributed by atoms with Gasteiger partial charge in [-0.2, -0.15) is 0 Å². The van der Waals surface area contributed by atoms with E-state index in [9.17, 15) is 9.90 Å². The van der Waals surface area contributed by atoms with Crippen molar-refractivity contribution in [3.8, 4) is 5.75 Å². The first kappa shape index (κ1) is 13.9. The van der Waals surface area contributed by atoms with Gasteiger partial charge in [-0.1, -0.05) is 0 Å². The van der Waals surface area contributed by atoms with Gasteiger partial charge < -0.3 is 9.84 Å². The van der Waals surface area contributed by atoms with Crippen molar-refractivity contribution in [3.63, 3.8) is 0 Å². The summed E-state index contributed by atoms with van der Waals surface area (Å²) in [5.74, 6) is -0.346. The van der Waals surface area contributed by atoms with Crippen LogP contribution in [-0.4, -0.2) is 51.6 Å². The summed E-state index contributed by atoms with van der Waals surface area (Å²) in [5, 5.41) is 9.25. The quantitative estimate of drug-likeness (QED) is 0.909. The molecule has 112 valence electrons. The number of ether oxygens (including phenoxy) is 1. The van der Waals surface area contributed by atoms with Gasteiger partial charge in [0, 0.05) is 12.7 Å². The molecule has 3 rings (SSSR count). The van der Waals surface area contributed by atoms with Gasteiger partial charge >= 0.3 is 5.97 Å². The maximum Gasteiger partial charge on any atom is 0.354 e. The van der Waals surface area contributed by atoms with Crippen LogP contribution in [0, 0.1) is 6.92 Å². The molecule has 6 nitrogen and oxygen atoms in total. The van der Waals surface area contributed by atoms with E-state index in [1.54, 1.807) is 23.6 Å². The predicted octanol–water partition coefficient (Wildman–Crippen LogP) is 1.82. The largest absolute Gasteiger partial charge is 0.488 e. The minimum Gasteiger partial charge on any atom is -0.488 e. The number of hydrogen-bond acceptors (Lipinski definition) is 4. The molecule has 2 aromatic rings. The Hall–Kier alpha value is -2.08. The number of nitrogens with zero attached hydrogens (tertiary/aromatic N) is 3. The van der Waals surface area contributed by atoms with E-state index < -0.39 is 5.97 Å². The minimum atomic E-state index is -0.978. The Morgan fingerprint density at radius 2 is 2.19 bits per heavy atom. The Labute approximate surface area is 123 Å². The molecule has 1 N–H and O–H groups in total. The fourth-order valence-corrected chi connectivity index (χ4v) is 2.82. The summed E-state index contributed by atoms with van der Waals surface area (Å²) >= 11 is 0. The zero-order valence-corrected chi connectivity index (χ0v) is 12.1. The first-order chi connectivity index (χ1) is 10.2. The number of pyridine rings is 1. The van der Waals surface area contributed by atoms with Crippen LogP contribution in [0.5, 0.6) is 5.75 Å². The Balaban J connectivity index is 1.79. The number of likely N-dealkylation sites (tertiary alicyclic amines) is 1. The third kappa shape index (κ3) is 2.71. The van der Waals surface area contributed by atoms with Crippen molar-refractivity contribution < 1.29 is 14.6 Å². The molecular weight excluding hydrogens is 270 g/mol. The summed E-state index contributed by atoms with van der Waals surface area (Å²) in [6, 6.07) is 3.61. The third-order valence-corrected chi connectivity index (χ3v) is 3.85. The molecule has 1 saturated heterocycles. The molecule has 1 fully saturated rings. The molecule has 2 aromatic heterocycles. The van der Waals surface area contributed by atoms with Crippen LogP contribution in [0.25, 0.3) is 5.65 Å². The molecule has 1 aliphatic rings. The second-order valence-electron chi connectivity index (χ2n) is 5.31. The van der Waals surface area contributed by atoms with Crippen LogP contribution < -0.4 is 4.74 Å². The number of aryl methyl sites for hydroxylation is 1. The van der Waals surface area contributed by atoms with Crippen LogP contribution in [-0.2, 0) is 0 Å². The molecule has 0 radical (unpaired) electrons. The topological polar surface area (TPSA) is 67.1 Å². The van der Waals surface area contributed by atoms with Crippen LogP contribution in [0.3, 0.4) is 0 Å². The van der Waals surface area contributed by atoms with Crippen molar-refractivity contribution in [2.24, 2.45) is 0 Å². The SMILES string of the molecule is Cc1nc2c(OCCN3CCCC3)cccn2c1C(=O)O. The van der Waals surface area contributed by atoms with Crippen molar-refractivity contribution in [1.29, 1.82) is 0 Å². The van der Waals surface area contributed by atoms with Crippen molar-refractivity contribution in [2.75, 3.05) is 26.2 Å². The molecule has 0 atom stereocenters. The zero-order valence-electron chi connectivity index (χ0n) is 12.1. The zero-order chi connectivity index (χ0) is 14.8. The van der Waals surface area contributed by atoms with Gasteiger partial charge in [0.25, 0.3) is 0 Å². The normalized spacial score (nSPS) is 15.7. The number of rotatable bonds is 5. The highest BCUT2D eigenvalue weighted by atomic mass is 16.5. The van der Waals surface area contributed by atoms with E-state index in [0.29, 0.717) is 23.7 Å². The van der Waals surface area contributed by atoms with E-state index in [4.69, 9.17) is 4.74 Å².